The number of halogens is 1. The lowest BCUT2D eigenvalue weighted by Gasteiger charge is -2.37. The Hall–Kier alpha value is -1.59. The summed E-state index contributed by atoms with van der Waals surface area (Å²) in [6.07, 6.45) is 0. The minimum atomic E-state index is -0.845. The number of rotatable bonds is 3. The number of carboxylic acids is 1. The van der Waals surface area contributed by atoms with Gasteiger partial charge in [0.25, 0.3) is 0 Å². The minimum Gasteiger partial charge on any atom is -0.480 e. The van der Waals surface area contributed by atoms with Gasteiger partial charge in [0, 0.05) is 33.1 Å². The highest BCUT2D eigenvalue weighted by Crippen LogP contribution is 2.22. The van der Waals surface area contributed by atoms with Crippen LogP contribution in [-0.4, -0.2) is 53.0 Å². The first kappa shape index (κ1) is 16.5. The molecule has 0 spiro atoms. The molecule has 1 aliphatic rings. The lowest BCUT2D eigenvalue weighted by Crippen LogP contribution is -2.50. The number of hydrogen-bond acceptors (Lipinski definition) is 3. The van der Waals surface area contributed by atoms with Gasteiger partial charge in [0.2, 0.25) is 5.91 Å². The van der Waals surface area contributed by atoms with E-state index in [9.17, 15) is 14.7 Å². The van der Waals surface area contributed by atoms with E-state index in [-0.39, 0.29) is 18.3 Å². The fraction of sp³-hybridized carbons (Fsp3) is 0.429. The Kier molecular flexibility index (Phi) is 5.98. The lowest BCUT2D eigenvalue weighted by atomic mass is 10.0. The van der Waals surface area contributed by atoms with Crippen LogP contribution in [0.15, 0.2) is 30.3 Å². The molecule has 1 amide bonds. The van der Waals surface area contributed by atoms with Crippen molar-refractivity contribution in [2.75, 3.05) is 26.2 Å². The van der Waals surface area contributed by atoms with Crippen LogP contribution < -0.4 is 0 Å². The average molecular weight is 299 g/mol. The van der Waals surface area contributed by atoms with E-state index in [0.717, 1.165) is 5.56 Å². The van der Waals surface area contributed by atoms with Crippen LogP contribution in [0.2, 0.25) is 0 Å². The summed E-state index contributed by atoms with van der Waals surface area (Å²) in [4.78, 5) is 26.4. The van der Waals surface area contributed by atoms with Crippen LogP contribution in [0.5, 0.6) is 0 Å². The van der Waals surface area contributed by atoms with Gasteiger partial charge < -0.3 is 10.0 Å². The van der Waals surface area contributed by atoms with Crippen LogP contribution >= 0.6 is 12.4 Å². The van der Waals surface area contributed by atoms with Crippen molar-refractivity contribution in [3.63, 3.8) is 0 Å². The molecule has 1 unspecified atom stereocenters. The smallest absolute Gasteiger partial charge is 0.325 e. The Morgan fingerprint density at radius 3 is 2.10 bits per heavy atom. The molecule has 1 saturated heterocycles. The summed E-state index contributed by atoms with van der Waals surface area (Å²) in [6.45, 7) is 3.90. The Bertz CT molecular complexity index is 459. The third kappa shape index (κ3) is 3.71. The number of hydrogen-bond donors (Lipinski definition) is 1. The van der Waals surface area contributed by atoms with Gasteiger partial charge in [-0.15, -0.1) is 12.4 Å². The number of carbonyl (C=O) groups excluding carboxylic acids is 1. The molecule has 1 aromatic carbocycles. The summed E-state index contributed by atoms with van der Waals surface area (Å²) in [5.74, 6) is -0.797. The highest BCUT2D eigenvalue weighted by Gasteiger charge is 2.30. The number of benzene rings is 1. The standard InChI is InChI=1S/C14H18N2O3.ClH/c1-11(17)15-7-9-16(10-8-15)13(14(18)19)12-5-3-2-4-6-12;/h2-6,13H,7-10H2,1H3,(H,18,19);1H. The van der Waals surface area contributed by atoms with E-state index in [0.29, 0.717) is 26.2 Å². The maximum Gasteiger partial charge on any atom is 0.325 e. The van der Waals surface area contributed by atoms with Gasteiger partial charge in [-0.1, -0.05) is 30.3 Å². The second-order valence-corrected chi connectivity index (χ2v) is 4.69. The van der Waals surface area contributed by atoms with Crippen LogP contribution in [0.3, 0.4) is 0 Å². The van der Waals surface area contributed by atoms with E-state index in [1.807, 2.05) is 35.2 Å². The molecule has 1 fully saturated rings. The van der Waals surface area contributed by atoms with Crippen molar-refractivity contribution >= 4 is 24.3 Å². The highest BCUT2D eigenvalue weighted by molar-refractivity contribution is 5.85. The molecule has 2 rings (SSSR count). The molecule has 0 aliphatic carbocycles. The van der Waals surface area contributed by atoms with Gasteiger partial charge in [0.05, 0.1) is 0 Å². The first-order chi connectivity index (χ1) is 9.09. The zero-order valence-corrected chi connectivity index (χ0v) is 12.2. The summed E-state index contributed by atoms with van der Waals surface area (Å²) < 4.78 is 0. The maximum atomic E-state index is 11.5. The van der Waals surface area contributed by atoms with E-state index >= 15 is 0 Å². The zero-order chi connectivity index (χ0) is 13.8. The Morgan fingerprint density at radius 1 is 1.10 bits per heavy atom. The molecule has 110 valence electrons. The molecule has 1 N–H and O–H groups in total. The Balaban J connectivity index is 0.00000200. The Morgan fingerprint density at radius 2 is 1.65 bits per heavy atom. The molecule has 1 heterocycles. The van der Waals surface area contributed by atoms with Gasteiger partial charge in [0.15, 0.2) is 0 Å². The van der Waals surface area contributed by atoms with Gasteiger partial charge in [-0.25, -0.2) is 0 Å². The number of nitrogens with zero attached hydrogens (tertiary/aromatic N) is 2. The summed E-state index contributed by atoms with van der Waals surface area (Å²) in [7, 11) is 0. The number of carboxylic acid groups (broad SMARTS) is 1. The van der Waals surface area contributed by atoms with E-state index in [1.165, 1.54) is 0 Å². The molecule has 0 saturated carbocycles. The zero-order valence-electron chi connectivity index (χ0n) is 11.4. The first-order valence-electron chi connectivity index (χ1n) is 6.37. The largest absolute Gasteiger partial charge is 0.480 e. The normalized spacial score (nSPS) is 17.1. The second-order valence-electron chi connectivity index (χ2n) is 4.69. The van der Waals surface area contributed by atoms with E-state index in [2.05, 4.69) is 0 Å². The number of piperazine rings is 1. The van der Waals surface area contributed by atoms with Gasteiger partial charge in [-0.2, -0.15) is 0 Å². The minimum absolute atomic E-state index is 0. The van der Waals surface area contributed by atoms with Crippen LogP contribution in [-0.2, 0) is 9.59 Å². The molecule has 1 atom stereocenters. The van der Waals surface area contributed by atoms with Gasteiger partial charge in [0.1, 0.15) is 6.04 Å². The predicted molar refractivity (Wildman–Crippen MR) is 77.9 cm³/mol. The van der Waals surface area contributed by atoms with E-state index < -0.39 is 12.0 Å². The molecule has 20 heavy (non-hydrogen) atoms. The fourth-order valence-electron chi connectivity index (χ4n) is 2.44. The van der Waals surface area contributed by atoms with Crippen molar-refractivity contribution in [2.24, 2.45) is 0 Å². The van der Waals surface area contributed by atoms with Crippen LogP contribution in [0, 0.1) is 0 Å². The summed E-state index contributed by atoms with van der Waals surface area (Å²) >= 11 is 0. The predicted octanol–water partition coefficient (Wildman–Crippen LogP) is 1.40. The summed E-state index contributed by atoms with van der Waals surface area (Å²) in [6, 6.07) is 8.59. The SMILES string of the molecule is CC(=O)N1CCN(C(C(=O)O)c2ccccc2)CC1.Cl. The second kappa shape index (κ2) is 7.26. The van der Waals surface area contributed by atoms with Crippen LogP contribution in [0.4, 0.5) is 0 Å². The maximum absolute atomic E-state index is 11.5. The number of amides is 1. The van der Waals surface area contributed by atoms with Gasteiger partial charge in [-0.05, 0) is 5.56 Å². The molecule has 0 aromatic heterocycles. The third-order valence-corrected chi connectivity index (χ3v) is 3.47. The molecule has 1 aromatic rings. The van der Waals surface area contributed by atoms with Gasteiger partial charge in [-0.3, -0.25) is 14.5 Å². The van der Waals surface area contributed by atoms with E-state index in [1.54, 1.807) is 11.8 Å². The first-order valence-corrected chi connectivity index (χ1v) is 6.37. The molecule has 0 radical (unpaired) electrons. The number of carbonyl (C=O) groups is 2. The molecule has 0 bridgehead atoms. The molecular weight excluding hydrogens is 280 g/mol. The van der Waals surface area contributed by atoms with Gasteiger partial charge >= 0.3 is 5.97 Å². The monoisotopic (exact) mass is 298 g/mol. The van der Waals surface area contributed by atoms with Crippen molar-refractivity contribution < 1.29 is 14.7 Å². The summed E-state index contributed by atoms with van der Waals surface area (Å²) in [5.41, 5.74) is 0.784. The highest BCUT2D eigenvalue weighted by atomic mass is 35.5. The fourth-order valence-corrected chi connectivity index (χ4v) is 2.44. The van der Waals surface area contributed by atoms with Crippen molar-refractivity contribution in [3.05, 3.63) is 35.9 Å². The van der Waals surface area contributed by atoms with Crippen molar-refractivity contribution in [2.45, 2.75) is 13.0 Å². The van der Waals surface area contributed by atoms with E-state index in [4.69, 9.17) is 0 Å². The van der Waals surface area contributed by atoms with Crippen LogP contribution in [0.1, 0.15) is 18.5 Å². The average Bonchev–Trinajstić information content (AvgIpc) is 2.40. The van der Waals surface area contributed by atoms with Crippen molar-refractivity contribution in [3.8, 4) is 0 Å². The topological polar surface area (TPSA) is 60.9 Å². The molecule has 1 aliphatic heterocycles. The Labute approximate surface area is 124 Å². The third-order valence-electron chi connectivity index (χ3n) is 3.47. The number of aliphatic carboxylic acids is 1. The molecular formula is C14H19ClN2O3. The van der Waals surface area contributed by atoms with Crippen LogP contribution in [0.25, 0.3) is 0 Å². The molecule has 6 heteroatoms. The van der Waals surface area contributed by atoms with Crippen molar-refractivity contribution in [1.29, 1.82) is 0 Å². The molecule has 5 nitrogen and oxygen atoms in total. The lowest BCUT2D eigenvalue weighted by molar-refractivity contribution is -0.145. The quantitative estimate of drug-likeness (QED) is 0.916. The van der Waals surface area contributed by atoms with Crippen molar-refractivity contribution in [1.82, 2.24) is 9.80 Å². The summed E-state index contributed by atoms with van der Waals surface area (Å²) in [5, 5.41) is 9.43.